The SMILES string of the molecule is CC(C)(N)c1nnc(N2CCN(C3CCCCC3)CC2)o1. The Hall–Kier alpha value is -1.14. The van der Waals surface area contributed by atoms with E-state index in [1.165, 1.54) is 32.1 Å². The Morgan fingerprint density at radius 2 is 1.71 bits per heavy atom. The van der Waals surface area contributed by atoms with Crippen molar-refractivity contribution in [2.75, 3.05) is 31.1 Å². The molecule has 1 aromatic heterocycles. The number of anilines is 1. The van der Waals surface area contributed by atoms with Crippen molar-refractivity contribution in [1.29, 1.82) is 0 Å². The van der Waals surface area contributed by atoms with Gasteiger partial charge >= 0.3 is 6.01 Å². The summed E-state index contributed by atoms with van der Waals surface area (Å²) in [7, 11) is 0. The Labute approximate surface area is 126 Å². The van der Waals surface area contributed by atoms with E-state index in [1.807, 2.05) is 13.8 Å². The lowest BCUT2D eigenvalue weighted by molar-refractivity contribution is 0.146. The molecule has 6 nitrogen and oxygen atoms in total. The molecule has 0 atom stereocenters. The highest BCUT2D eigenvalue weighted by molar-refractivity contribution is 5.26. The number of hydrogen-bond donors (Lipinski definition) is 1. The van der Waals surface area contributed by atoms with Crippen LogP contribution in [-0.2, 0) is 5.54 Å². The van der Waals surface area contributed by atoms with E-state index < -0.39 is 5.54 Å². The highest BCUT2D eigenvalue weighted by Crippen LogP contribution is 2.25. The second-order valence-corrected chi connectivity index (χ2v) is 6.93. The van der Waals surface area contributed by atoms with Crippen molar-refractivity contribution in [3.63, 3.8) is 0 Å². The van der Waals surface area contributed by atoms with Gasteiger partial charge in [-0.2, -0.15) is 0 Å². The number of piperazine rings is 1. The molecule has 1 aromatic rings. The summed E-state index contributed by atoms with van der Waals surface area (Å²) < 4.78 is 5.73. The molecule has 0 amide bonds. The molecule has 118 valence electrons. The average molecular weight is 293 g/mol. The molecule has 0 radical (unpaired) electrons. The van der Waals surface area contributed by atoms with Crippen molar-refractivity contribution >= 4 is 6.01 Å². The Morgan fingerprint density at radius 3 is 2.29 bits per heavy atom. The molecule has 2 fully saturated rings. The maximum absolute atomic E-state index is 6.00. The third-order valence-corrected chi connectivity index (χ3v) is 4.64. The first-order valence-corrected chi connectivity index (χ1v) is 8.16. The van der Waals surface area contributed by atoms with Crippen LogP contribution in [0.15, 0.2) is 4.42 Å². The van der Waals surface area contributed by atoms with Crippen LogP contribution in [-0.4, -0.2) is 47.3 Å². The molecule has 1 saturated heterocycles. The predicted octanol–water partition coefficient (Wildman–Crippen LogP) is 1.72. The van der Waals surface area contributed by atoms with E-state index in [1.54, 1.807) is 0 Å². The van der Waals surface area contributed by atoms with Gasteiger partial charge in [-0.1, -0.05) is 24.4 Å². The molecular weight excluding hydrogens is 266 g/mol. The molecule has 1 saturated carbocycles. The van der Waals surface area contributed by atoms with Crippen LogP contribution in [0.4, 0.5) is 6.01 Å². The normalized spacial score (nSPS) is 22.7. The van der Waals surface area contributed by atoms with E-state index in [0.717, 1.165) is 32.2 Å². The van der Waals surface area contributed by atoms with E-state index >= 15 is 0 Å². The summed E-state index contributed by atoms with van der Waals surface area (Å²) in [6.45, 7) is 7.87. The summed E-state index contributed by atoms with van der Waals surface area (Å²) in [5.74, 6) is 0.507. The third-order valence-electron chi connectivity index (χ3n) is 4.64. The fraction of sp³-hybridized carbons (Fsp3) is 0.867. The smallest absolute Gasteiger partial charge is 0.318 e. The highest BCUT2D eigenvalue weighted by atomic mass is 16.4. The average Bonchev–Trinajstić information content (AvgIpc) is 2.98. The molecule has 1 aliphatic heterocycles. The molecule has 0 unspecified atom stereocenters. The topological polar surface area (TPSA) is 71.4 Å². The second kappa shape index (κ2) is 5.93. The van der Waals surface area contributed by atoms with Crippen molar-refractivity contribution < 1.29 is 4.42 Å². The molecule has 2 aliphatic rings. The van der Waals surface area contributed by atoms with Gasteiger partial charge < -0.3 is 15.1 Å². The van der Waals surface area contributed by atoms with Gasteiger partial charge in [-0.15, -0.1) is 5.10 Å². The first-order chi connectivity index (χ1) is 10.0. The number of hydrogen-bond acceptors (Lipinski definition) is 6. The van der Waals surface area contributed by atoms with E-state index in [-0.39, 0.29) is 0 Å². The van der Waals surface area contributed by atoms with Crippen molar-refractivity contribution in [3.8, 4) is 0 Å². The quantitative estimate of drug-likeness (QED) is 0.915. The van der Waals surface area contributed by atoms with E-state index in [0.29, 0.717) is 11.9 Å². The molecule has 2 N–H and O–H groups in total. The summed E-state index contributed by atoms with van der Waals surface area (Å²) in [5, 5.41) is 8.23. The summed E-state index contributed by atoms with van der Waals surface area (Å²) >= 11 is 0. The Morgan fingerprint density at radius 1 is 1.05 bits per heavy atom. The minimum atomic E-state index is -0.574. The van der Waals surface area contributed by atoms with Crippen LogP contribution in [0, 0.1) is 0 Å². The number of rotatable bonds is 3. The van der Waals surface area contributed by atoms with Crippen LogP contribution >= 0.6 is 0 Å². The lowest BCUT2D eigenvalue weighted by Crippen LogP contribution is -2.51. The zero-order valence-corrected chi connectivity index (χ0v) is 13.2. The third kappa shape index (κ3) is 3.37. The zero-order chi connectivity index (χ0) is 14.9. The molecule has 3 rings (SSSR count). The van der Waals surface area contributed by atoms with Crippen molar-refractivity contribution in [2.24, 2.45) is 5.73 Å². The largest absolute Gasteiger partial charge is 0.406 e. The summed E-state index contributed by atoms with van der Waals surface area (Å²) in [5.41, 5.74) is 5.42. The molecular formula is C15H27N5O. The summed E-state index contributed by atoms with van der Waals surface area (Å²) in [4.78, 5) is 4.82. The molecule has 6 heteroatoms. The minimum Gasteiger partial charge on any atom is -0.406 e. The molecule has 0 bridgehead atoms. The molecule has 0 aromatic carbocycles. The maximum Gasteiger partial charge on any atom is 0.318 e. The van der Waals surface area contributed by atoms with Crippen LogP contribution in [0.1, 0.15) is 51.8 Å². The van der Waals surface area contributed by atoms with Gasteiger partial charge in [0.05, 0.1) is 5.54 Å². The lowest BCUT2D eigenvalue weighted by atomic mass is 9.94. The van der Waals surface area contributed by atoms with Gasteiger partial charge in [-0.25, -0.2) is 0 Å². The predicted molar refractivity (Wildman–Crippen MR) is 82.2 cm³/mol. The Kier molecular flexibility index (Phi) is 4.17. The van der Waals surface area contributed by atoms with Crippen LogP contribution in [0.25, 0.3) is 0 Å². The van der Waals surface area contributed by atoms with Crippen molar-refractivity contribution in [1.82, 2.24) is 15.1 Å². The maximum atomic E-state index is 6.00. The fourth-order valence-electron chi connectivity index (χ4n) is 3.33. The standard InChI is InChI=1S/C15H27N5O/c1-15(2,16)13-17-18-14(21-13)20-10-8-19(9-11-20)12-6-4-3-5-7-12/h12H,3-11,16H2,1-2H3. The van der Waals surface area contributed by atoms with Gasteiger partial charge in [0.2, 0.25) is 5.89 Å². The van der Waals surface area contributed by atoms with Crippen molar-refractivity contribution in [2.45, 2.75) is 57.5 Å². The molecule has 1 aliphatic carbocycles. The van der Waals surface area contributed by atoms with E-state index in [4.69, 9.17) is 10.2 Å². The summed E-state index contributed by atoms with van der Waals surface area (Å²) in [6, 6.07) is 1.41. The minimum absolute atomic E-state index is 0.507. The van der Waals surface area contributed by atoms with Gasteiger partial charge in [0, 0.05) is 32.2 Å². The second-order valence-electron chi connectivity index (χ2n) is 6.93. The lowest BCUT2D eigenvalue weighted by Gasteiger charge is -2.40. The number of aromatic nitrogens is 2. The van der Waals surface area contributed by atoms with Gasteiger partial charge in [-0.3, -0.25) is 4.90 Å². The van der Waals surface area contributed by atoms with Gasteiger partial charge in [-0.05, 0) is 26.7 Å². The number of nitrogens with zero attached hydrogens (tertiary/aromatic N) is 4. The highest BCUT2D eigenvalue weighted by Gasteiger charge is 2.28. The van der Waals surface area contributed by atoms with E-state index in [9.17, 15) is 0 Å². The van der Waals surface area contributed by atoms with Crippen LogP contribution in [0.2, 0.25) is 0 Å². The fourth-order valence-corrected chi connectivity index (χ4v) is 3.33. The van der Waals surface area contributed by atoms with Crippen LogP contribution < -0.4 is 10.6 Å². The van der Waals surface area contributed by atoms with Crippen LogP contribution in [0.5, 0.6) is 0 Å². The van der Waals surface area contributed by atoms with Crippen molar-refractivity contribution in [3.05, 3.63) is 5.89 Å². The van der Waals surface area contributed by atoms with Gasteiger partial charge in [0.25, 0.3) is 0 Å². The number of nitrogens with two attached hydrogens (primary N) is 1. The zero-order valence-electron chi connectivity index (χ0n) is 13.2. The monoisotopic (exact) mass is 293 g/mol. The first-order valence-electron chi connectivity index (χ1n) is 8.16. The van der Waals surface area contributed by atoms with Gasteiger partial charge in [0.15, 0.2) is 0 Å². The van der Waals surface area contributed by atoms with Gasteiger partial charge in [0.1, 0.15) is 0 Å². The molecule has 0 spiro atoms. The van der Waals surface area contributed by atoms with Crippen LogP contribution in [0.3, 0.4) is 0 Å². The Bertz CT molecular complexity index is 453. The first kappa shape index (κ1) is 14.8. The molecule has 2 heterocycles. The molecule has 21 heavy (non-hydrogen) atoms. The van der Waals surface area contributed by atoms with E-state index in [2.05, 4.69) is 20.0 Å². The summed E-state index contributed by atoms with van der Waals surface area (Å²) in [6.07, 6.45) is 6.93. The Balaban J connectivity index is 1.56.